The van der Waals surface area contributed by atoms with Crippen LogP contribution in [0.4, 0.5) is 0 Å². The maximum Gasteiger partial charge on any atom is 0.270 e. The Balaban J connectivity index is 0.000000234. The van der Waals surface area contributed by atoms with Crippen molar-refractivity contribution >= 4 is 17.5 Å². The summed E-state index contributed by atoms with van der Waals surface area (Å²) in [6.07, 6.45) is 22.9. The van der Waals surface area contributed by atoms with Gasteiger partial charge in [0.2, 0.25) is 0 Å². The fraction of sp³-hybridized carbons (Fsp3) is 0.855. The predicted molar refractivity (Wildman–Crippen MR) is 267 cm³/mol. The molecule has 2 aromatic heterocycles. The Kier molecular flexibility index (Phi) is 16.1. The van der Waals surface area contributed by atoms with E-state index in [-0.39, 0.29) is 81.0 Å². The van der Waals surface area contributed by atoms with Crippen molar-refractivity contribution in [1.82, 2.24) is 30.0 Å². The number of amides is 1. The van der Waals surface area contributed by atoms with Gasteiger partial charge in [-0.1, -0.05) is 74.2 Å². The molecule has 0 aliphatic heterocycles. The Bertz CT molecular complexity index is 2170. The summed E-state index contributed by atoms with van der Waals surface area (Å²) in [6.45, 7) is 16.5. The monoisotopic (exact) mass is 946 g/mol. The normalized spacial score (nSPS) is 42.9. The molecular weight excluding hydrogens is 853 g/mol. The van der Waals surface area contributed by atoms with Gasteiger partial charge in [0, 0.05) is 13.2 Å². The second-order valence-electron chi connectivity index (χ2n) is 24.1. The lowest BCUT2D eigenvalue weighted by Crippen LogP contribution is -2.55. The number of ketones is 2. The van der Waals surface area contributed by atoms with Crippen LogP contribution in [-0.4, -0.2) is 68.9 Å². The van der Waals surface area contributed by atoms with Gasteiger partial charge in [0.15, 0.2) is 23.0 Å². The van der Waals surface area contributed by atoms with Crippen molar-refractivity contribution in [3.05, 3.63) is 23.8 Å². The van der Waals surface area contributed by atoms with E-state index in [2.05, 4.69) is 48.3 Å². The van der Waals surface area contributed by atoms with E-state index in [4.69, 9.17) is 12.4 Å². The van der Waals surface area contributed by atoms with Crippen LogP contribution in [0, 0.1) is 92.2 Å². The standard InChI is InChI=1S/C25H38N4O3.C25H36N4O2.C2H6.3CH4/c1-23(32)10-11-24(2)15(12-23)4-5-16-17-6-7-19(25(17,3)9-8-18(16)24)21(30)14-29-13-20(22(26)31)27-28-29;1-23(31)10-11-24(2)16(12-23)4-5-18-19-6-7-21(25(19,3)9-8-20(18)24)22(30)15-29-14-17(13-26)27-28-29;1-2;;;/h13,15-19,32H,4-12,14H2,1-3H3,(H2,26,31);14,16,18-21,31H,4-12,15H2,1-3H3;1-2H3;3*1H4/t15-,16+,17+,18+,19-,23-,24+,25+;16-,18+,19+,20+,21-,23-,24+,25+;;;;/m11..../s1/i;;1D;;;. The van der Waals surface area contributed by atoms with Crippen molar-refractivity contribution in [3.8, 4) is 6.07 Å². The molecule has 0 saturated heterocycles. The predicted octanol–water partition coefficient (Wildman–Crippen LogP) is 10.4. The number of primary amides is 1. The molecule has 0 spiro atoms. The Hall–Kier alpha value is -3.50. The highest BCUT2D eigenvalue weighted by Gasteiger charge is 2.63. The van der Waals surface area contributed by atoms with E-state index in [1.807, 2.05) is 19.9 Å². The van der Waals surface area contributed by atoms with Gasteiger partial charge in [-0.05, 0) is 198 Å². The van der Waals surface area contributed by atoms with E-state index >= 15 is 0 Å². The molecule has 13 nitrogen and oxygen atoms in total. The fourth-order valence-electron chi connectivity index (χ4n) is 17.4. The highest BCUT2D eigenvalue weighted by molar-refractivity contribution is 5.90. The van der Waals surface area contributed by atoms with Crippen LogP contribution in [0.15, 0.2) is 12.4 Å². The largest absolute Gasteiger partial charge is 0.390 e. The second kappa shape index (κ2) is 20.3. The number of nitrogens with two attached hydrogens (primary N) is 1. The average molecular weight is 946 g/mol. The van der Waals surface area contributed by atoms with Gasteiger partial charge in [-0.2, -0.15) is 5.26 Å². The van der Waals surface area contributed by atoms with Crippen molar-refractivity contribution in [1.29, 1.82) is 5.26 Å². The van der Waals surface area contributed by atoms with Gasteiger partial charge in [0.1, 0.15) is 19.2 Å². The molecule has 16 atom stereocenters. The topological polar surface area (TPSA) is 203 Å². The molecule has 382 valence electrons. The Morgan fingerprint density at radius 2 is 1.06 bits per heavy atom. The zero-order chi connectivity index (χ0) is 47.6. The number of aliphatic hydroxyl groups is 2. The first kappa shape index (κ1) is 53.8. The number of carbonyl (C=O) groups excluding carboxylic acids is 3. The van der Waals surface area contributed by atoms with Gasteiger partial charge in [-0.3, -0.25) is 14.4 Å². The van der Waals surface area contributed by atoms with Gasteiger partial charge in [0.05, 0.1) is 23.6 Å². The maximum atomic E-state index is 13.3. The Labute approximate surface area is 411 Å². The molecule has 8 aliphatic carbocycles. The summed E-state index contributed by atoms with van der Waals surface area (Å²) < 4.78 is 9.20. The zero-order valence-electron chi connectivity index (χ0n) is 41.6. The zero-order valence-corrected chi connectivity index (χ0v) is 40.6. The van der Waals surface area contributed by atoms with Crippen LogP contribution in [0.25, 0.3) is 0 Å². The van der Waals surface area contributed by atoms with Crippen LogP contribution in [0.5, 0.6) is 0 Å². The van der Waals surface area contributed by atoms with E-state index in [0.717, 1.165) is 94.8 Å². The second-order valence-corrected chi connectivity index (χ2v) is 24.1. The van der Waals surface area contributed by atoms with Crippen LogP contribution < -0.4 is 5.73 Å². The number of hydrogen-bond donors (Lipinski definition) is 3. The first-order valence-corrected chi connectivity index (χ1v) is 25.4. The number of fused-ring (bicyclic) bond motifs is 10. The van der Waals surface area contributed by atoms with Crippen molar-refractivity contribution < 1.29 is 26.0 Å². The number of rotatable bonds is 7. The molecule has 2 aromatic rings. The number of carbonyl (C=O) groups is 3. The molecular formula is C55H92N8O5. The number of Topliss-reactive ketones (excluding diaryl/α,β-unsaturated/α-hetero) is 2. The molecule has 0 aromatic carbocycles. The first-order valence-electron chi connectivity index (χ1n) is 26.1. The van der Waals surface area contributed by atoms with E-state index in [9.17, 15) is 24.6 Å². The number of nitrogens with zero attached hydrogens (tertiary/aromatic N) is 7. The highest BCUT2D eigenvalue weighted by Crippen LogP contribution is 2.70. The van der Waals surface area contributed by atoms with Gasteiger partial charge in [-0.15, -0.1) is 10.2 Å². The van der Waals surface area contributed by atoms with Crippen LogP contribution in [0.2, 0.25) is 0 Å². The SMILES string of the molecule is C.C.C.C[C@@]1(O)CC[C@@]2(C)[C@H](CC[C@@H]3[C@@H]2CC[C@]2(C)[C@@H](C(=O)Cn4cc(C#N)nn4)CC[C@@H]32)C1.C[C@@]1(O)CC[C@@]2(C)[C@H](CC[C@@H]3[C@@H]2CC[C@]2(C)[C@@H](C(=O)Cn4cc(C(N)=O)nn4)CC[C@@H]32)C1.[2H]CC. The highest BCUT2D eigenvalue weighted by atomic mass is 16.3. The summed E-state index contributed by atoms with van der Waals surface area (Å²) in [5.41, 5.74) is 5.47. The summed E-state index contributed by atoms with van der Waals surface area (Å²) in [7, 11) is 0. The summed E-state index contributed by atoms with van der Waals surface area (Å²) in [5, 5.41) is 45.8. The van der Waals surface area contributed by atoms with Gasteiger partial charge >= 0.3 is 0 Å². The molecule has 4 N–H and O–H groups in total. The smallest absolute Gasteiger partial charge is 0.270 e. The maximum absolute atomic E-state index is 13.3. The van der Waals surface area contributed by atoms with E-state index in [1.165, 1.54) is 54.1 Å². The van der Waals surface area contributed by atoms with Crippen molar-refractivity contribution in [2.45, 2.75) is 218 Å². The van der Waals surface area contributed by atoms with Crippen LogP contribution in [0.1, 0.15) is 211 Å². The van der Waals surface area contributed by atoms with Gasteiger partial charge in [0.25, 0.3) is 5.91 Å². The lowest BCUT2D eigenvalue weighted by atomic mass is 9.44. The molecule has 0 bridgehead atoms. The number of hydrogen-bond acceptors (Lipinski definition) is 10. The first-order chi connectivity index (χ1) is 31.1. The summed E-state index contributed by atoms with van der Waals surface area (Å²) in [4.78, 5) is 37.9. The minimum absolute atomic E-state index is 0. The van der Waals surface area contributed by atoms with Gasteiger partial charge < -0.3 is 15.9 Å². The molecule has 0 radical (unpaired) electrons. The minimum Gasteiger partial charge on any atom is -0.390 e. The minimum atomic E-state index is -0.622. The molecule has 13 heteroatoms. The molecule has 68 heavy (non-hydrogen) atoms. The van der Waals surface area contributed by atoms with Crippen molar-refractivity contribution in [2.75, 3.05) is 0 Å². The molecule has 8 saturated carbocycles. The summed E-state index contributed by atoms with van der Waals surface area (Å²) >= 11 is 0. The molecule has 8 fully saturated rings. The van der Waals surface area contributed by atoms with Crippen LogP contribution >= 0.6 is 0 Å². The van der Waals surface area contributed by atoms with Crippen LogP contribution in [0.3, 0.4) is 0 Å². The third-order valence-corrected chi connectivity index (χ3v) is 20.8. The van der Waals surface area contributed by atoms with Crippen molar-refractivity contribution in [2.24, 2.45) is 86.6 Å². The lowest BCUT2D eigenvalue weighted by molar-refractivity contribution is -0.151. The van der Waals surface area contributed by atoms with Gasteiger partial charge in [-0.25, -0.2) is 9.36 Å². The Morgan fingerprint density at radius 1 is 0.647 bits per heavy atom. The fourth-order valence-corrected chi connectivity index (χ4v) is 17.4. The van der Waals surface area contributed by atoms with Crippen LogP contribution in [-0.2, 0) is 22.7 Å². The van der Waals surface area contributed by atoms with E-state index in [0.29, 0.717) is 47.3 Å². The lowest BCUT2D eigenvalue weighted by Gasteiger charge is -2.61. The number of aromatic nitrogens is 6. The molecule has 10 rings (SSSR count). The third kappa shape index (κ3) is 9.65. The molecule has 2 heterocycles. The molecule has 8 aliphatic rings. The van der Waals surface area contributed by atoms with Crippen molar-refractivity contribution in [3.63, 3.8) is 0 Å². The third-order valence-electron chi connectivity index (χ3n) is 20.8. The average Bonchev–Trinajstić information content (AvgIpc) is 4.07. The quantitative estimate of drug-likeness (QED) is 0.240. The molecule has 0 unspecified atom stereocenters. The summed E-state index contributed by atoms with van der Waals surface area (Å²) in [5.74, 6) is 5.36. The molecule has 1 amide bonds. The van der Waals surface area contributed by atoms with E-state index < -0.39 is 17.1 Å². The number of nitriles is 1. The van der Waals surface area contributed by atoms with E-state index in [1.54, 1.807) is 13.1 Å². The Morgan fingerprint density at radius 3 is 1.46 bits per heavy atom. The summed E-state index contributed by atoms with van der Waals surface area (Å²) in [6, 6.07) is 1.98.